The van der Waals surface area contributed by atoms with Crippen molar-refractivity contribution in [2.24, 2.45) is 5.92 Å². The SMILES string of the molecule is COc1ccc(CNC(=O)[C@@H]2CCN(c3ccc(F)cc3)C2=O)cc1OC. The Morgan fingerprint density at radius 3 is 2.52 bits per heavy atom. The van der Waals surface area contributed by atoms with Crippen LogP contribution in [-0.4, -0.2) is 32.6 Å². The lowest BCUT2D eigenvalue weighted by molar-refractivity contribution is -0.132. The van der Waals surface area contributed by atoms with E-state index in [1.807, 2.05) is 6.07 Å². The molecular weight excluding hydrogens is 351 g/mol. The quantitative estimate of drug-likeness (QED) is 0.792. The van der Waals surface area contributed by atoms with Gasteiger partial charge in [-0.3, -0.25) is 9.59 Å². The third kappa shape index (κ3) is 4.02. The molecule has 3 rings (SSSR count). The lowest BCUT2D eigenvalue weighted by Gasteiger charge is -2.17. The van der Waals surface area contributed by atoms with Crippen molar-refractivity contribution >= 4 is 17.5 Å². The Bertz CT molecular complexity index is 838. The first-order valence-electron chi connectivity index (χ1n) is 8.59. The van der Waals surface area contributed by atoms with Crippen LogP contribution in [0.5, 0.6) is 11.5 Å². The van der Waals surface area contributed by atoms with Crippen molar-refractivity contribution in [3.8, 4) is 11.5 Å². The van der Waals surface area contributed by atoms with E-state index in [4.69, 9.17) is 9.47 Å². The van der Waals surface area contributed by atoms with Gasteiger partial charge in [0.25, 0.3) is 0 Å². The summed E-state index contributed by atoms with van der Waals surface area (Å²) in [5.41, 5.74) is 1.43. The number of anilines is 1. The number of benzene rings is 2. The summed E-state index contributed by atoms with van der Waals surface area (Å²) in [5.74, 6) is -0.521. The van der Waals surface area contributed by atoms with E-state index < -0.39 is 5.92 Å². The molecule has 2 amide bonds. The van der Waals surface area contributed by atoms with Crippen LogP contribution in [0.2, 0.25) is 0 Å². The van der Waals surface area contributed by atoms with E-state index in [0.717, 1.165) is 5.56 Å². The highest BCUT2D eigenvalue weighted by Crippen LogP contribution is 2.28. The Hall–Kier alpha value is -3.09. The van der Waals surface area contributed by atoms with Gasteiger partial charge in [-0.2, -0.15) is 0 Å². The number of hydrogen-bond acceptors (Lipinski definition) is 4. The van der Waals surface area contributed by atoms with Gasteiger partial charge < -0.3 is 19.7 Å². The number of hydrogen-bond donors (Lipinski definition) is 1. The molecule has 0 aromatic heterocycles. The number of halogens is 1. The monoisotopic (exact) mass is 372 g/mol. The highest BCUT2D eigenvalue weighted by Gasteiger charge is 2.37. The van der Waals surface area contributed by atoms with Crippen molar-refractivity contribution in [3.63, 3.8) is 0 Å². The summed E-state index contributed by atoms with van der Waals surface area (Å²) in [5, 5.41) is 2.80. The minimum absolute atomic E-state index is 0.272. The second kappa shape index (κ2) is 8.07. The summed E-state index contributed by atoms with van der Waals surface area (Å²) in [4.78, 5) is 26.5. The van der Waals surface area contributed by atoms with Gasteiger partial charge in [-0.15, -0.1) is 0 Å². The molecule has 7 heteroatoms. The number of carbonyl (C=O) groups excluding carboxylic acids is 2. The standard InChI is InChI=1S/C20H21FN2O4/c1-26-17-8-3-13(11-18(17)27-2)12-22-19(24)16-9-10-23(20(16)25)15-6-4-14(21)5-7-15/h3-8,11,16H,9-10,12H2,1-2H3,(H,22,24)/t16-/m0/s1. The first-order chi connectivity index (χ1) is 13.0. The Kier molecular flexibility index (Phi) is 5.59. The van der Waals surface area contributed by atoms with Crippen molar-refractivity contribution < 1.29 is 23.5 Å². The molecule has 1 N–H and O–H groups in total. The van der Waals surface area contributed by atoms with Crippen LogP contribution in [0.15, 0.2) is 42.5 Å². The predicted octanol–water partition coefficient (Wildman–Crippen LogP) is 2.51. The van der Waals surface area contributed by atoms with Gasteiger partial charge in [0.05, 0.1) is 14.2 Å². The van der Waals surface area contributed by atoms with E-state index in [-0.39, 0.29) is 24.2 Å². The highest BCUT2D eigenvalue weighted by atomic mass is 19.1. The zero-order valence-electron chi connectivity index (χ0n) is 15.2. The molecule has 1 atom stereocenters. The molecule has 142 valence electrons. The van der Waals surface area contributed by atoms with Crippen LogP contribution in [-0.2, 0) is 16.1 Å². The van der Waals surface area contributed by atoms with E-state index in [1.54, 1.807) is 26.4 Å². The van der Waals surface area contributed by atoms with Crippen molar-refractivity contribution in [1.29, 1.82) is 0 Å². The minimum Gasteiger partial charge on any atom is -0.493 e. The molecule has 0 aliphatic carbocycles. The van der Waals surface area contributed by atoms with Crippen molar-refractivity contribution in [2.45, 2.75) is 13.0 Å². The van der Waals surface area contributed by atoms with Gasteiger partial charge in [-0.05, 0) is 48.4 Å². The van der Waals surface area contributed by atoms with Crippen LogP contribution in [0.1, 0.15) is 12.0 Å². The maximum atomic E-state index is 13.1. The maximum Gasteiger partial charge on any atom is 0.239 e. The number of ether oxygens (including phenoxy) is 2. The average Bonchev–Trinajstić information content (AvgIpc) is 3.08. The molecule has 1 saturated heterocycles. The van der Waals surface area contributed by atoms with Crippen LogP contribution in [0, 0.1) is 11.7 Å². The number of methoxy groups -OCH3 is 2. The molecule has 0 spiro atoms. The van der Waals surface area contributed by atoms with Gasteiger partial charge in [-0.1, -0.05) is 6.07 Å². The van der Waals surface area contributed by atoms with Gasteiger partial charge >= 0.3 is 0 Å². The fourth-order valence-corrected chi connectivity index (χ4v) is 3.10. The van der Waals surface area contributed by atoms with Gasteiger partial charge in [0.2, 0.25) is 11.8 Å². The number of rotatable bonds is 6. The summed E-state index contributed by atoms with van der Waals surface area (Å²) in [7, 11) is 3.10. The Balaban J connectivity index is 1.62. The Morgan fingerprint density at radius 1 is 1.15 bits per heavy atom. The molecule has 2 aromatic rings. The topological polar surface area (TPSA) is 67.9 Å². The molecule has 1 heterocycles. The fourth-order valence-electron chi connectivity index (χ4n) is 3.10. The lowest BCUT2D eigenvalue weighted by atomic mass is 10.1. The first-order valence-corrected chi connectivity index (χ1v) is 8.59. The normalized spacial score (nSPS) is 16.3. The largest absolute Gasteiger partial charge is 0.493 e. The van der Waals surface area contributed by atoms with Crippen LogP contribution < -0.4 is 19.7 Å². The van der Waals surface area contributed by atoms with E-state index in [9.17, 15) is 14.0 Å². The van der Waals surface area contributed by atoms with Crippen LogP contribution >= 0.6 is 0 Å². The lowest BCUT2D eigenvalue weighted by Crippen LogP contribution is -2.36. The summed E-state index contributed by atoms with van der Waals surface area (Å²) in [6, 6.07) is 11.0. The second-order valence-corrected chi connectivity index (χ2v) is 6.21. The Labute approximate surface area is 156 Å². The second-order valence-electron chi connectivity index (χ2n) is 6.21. The van der Waals surface area contributed by atoms with Crippen molar-refractivity contribution in [1.82, 2.24) is 5.32 Å². The fraction of sp³-hybridized carbons (Fsp3) is 0.300. The van der Waals surface area contributed by atoms with Gasteiger partial charge in [0.1, 0.15) is 11.7 Å². The smallest absolute Gasteiger partial charge is 0.239 e. The molecule has 0 saturated carbocycles. The predicted molar refractivity (Wildman–Crippen MR) is 98.3 cm³/mol. The third-order valence-electron chi connectivity index (χ3n) is 4.57. The number of amides is 2. The Morgan fingerprint density at radius 2 is 1.85 bits per heavy atom. The summed E-state index contributed by atoms with van der Waals surface area (Å²) >= 11 is 0. The molecule has 0 unspecified atom stereocenters. The zero-order chi connectivity index (χ0) is 19.4. The van der Waals surface area contributed by atoms with Gasteiger partial charge in [0, 0.05) is 18.8 Å². The van der Waals surface area contributed by atoms with Gasteiger partial charge in [-0.25, -0.2) is 4.39 Å². The number of nitrogens with zero attached hydrogens (tertiary/aromatic N) is 1. The minimum atomic E-state index is -0.741. The summed E-state index contributed by atoms with van der Waals surface area (Å²) < 4.78 is 23.5. The number of carbonyl (C=O) groups is 2. The zero-order valence-corrected chi connectivity index (χ0v) is 15.2. The number of nitrogens with one attached hydrogen (secondary N) is 1. The van der Waals surface area contributed by atoms with E-state index >= 15 is 0 Å². The van der Waals surface area contributed by atoms with Crippen LogP contribution in [0.4, 0.5) is 10.1 Å². The molecule has 1 fully saturated rings. The van der Waals surface area contributed by atoms with E-state index in [2.05, 4.69) is 5.32 Å². The molecule has 2 aromatic carbocycles. The van der Waals surface area contributed by atoms with Crippen LogP contribution in [0.3, 0.4) is 0 Å². The molecule has 0 bridgehead atoms. The first kappa shape index (κ1) is 18.7. The summed E-state index contributed by atoms with van der Waals surface area (Å²) in [6.45, 7) is 0.707. The summed E-state index contributed by atoms with van der Waals surface area (Å²) in [6.07, 6.45) is 0.425. The molecule has 6 nitrogen and oxygen atoms in total. The van der Waals surface area contributed by atoms with Crippen molar-refractivity contribution in [3.05, 3.63) is 53.8 Å². The molecule has 27 heavy (non-hydrogen) atoms. The molecule has 1 aliphatic rings. The van der Waals surface area contributed by atoms with E-state index in [0.29, 0.717) is 30.2 Å². The third-order valence-corrected chi connectivity index (χ3v) is 4.57. The van der Waals surface area contributed by atoms with Crippen LogP contribution in [0.25, 0.3) is 0 Å². The molecular formula is C20H21FN2O4. The van der Waals surface area contributed by atoms with Crippen molar-refractivity contribution in [2.75, 3.05) is 25.7 Å². The average molecular weight is 372 g/mol. The van der Waals surface area contributed by atoms with E-state index in [1.165, 1.54) is 29.2 Å². The van der Waals surface area contributed by atoms with Gasteiger partial charge in [0.15, 0.2) is 11.5 Å². The molecule has 1 aliphatic heterocycles. The maximum absolute atomic E-state index is 13.1. The molecule has 0 radical (unpaired) electrons. The highest BCUT2D eigenvalue weighted by molar-refractivity contribution is 6.09.